The van der Waals surface area contributed by atoms with Crippen LogP contribution in [-0.4, -0.2) is 45.5 Å². The molecule has 0 aliphatic carbocycles. The van der Waals surface area contributed by atoms with E-state index in [1.54, 1.807) is 0 Å². The van der Waals surface area contributed by atoms with E-state index in [4.69, 9.17) is 15.6 Å². The zero-order valence-corrected chi connectivity index (χ0v) is 6.84. The van der Waals surface area contributed by atoms with Crippen molar-refractivity contribution in [3.05, 3.63) is 0 Å². The largest absolute Gasteiger partial charge is 0.481 e. The summed E-state index contributed by atoms with van der Waals surface area (Å²) in [4.78, 5) is 17.6. The first-order valence-corrected chi connectivity index (χ1v) is 3.51. The molecule has 0 heterocycles. The molecule has 0 fully saturated rings. The van der Waals surface area contributed by atoms with Crippen LogP contribution in [0, 0.1) is 0 Å². The highest BCUT2D eigenvalue weighted by molar-refractivity contribution is 5.68. The van der Waals surface area contributed by atoms with Gasteiger partial charge in [0.05, 0.1) is 13.0 Å². The molecule has 78 valence electrons. The number of carbonyl (C=O) groups is 1. The molecule has 0 aromatic heterocycles. The van der Waals surface area contributed by atoms with Crippen molar-refractivity contribution < 1.29 is 35.3 Å². The predicted octanol–water partition coefficient (Wildman–Crippen LogP) is -0.438. The average molecular weight is 196 g/mol. The second-order valence-corrected chi connectivity index (χ2v) is 2.65. The fourth-order valence-electron chi connectivity index (χ4n) is 0.849. The second kappa shape index (κ2) is 5.84. The van der Waals surface area contributed by atoms with Crippen LogP contribution in [0.4, 0.5) is 0 Å². The molecule has 0 aliphatic heterocycles. The summed E-state index contributed by atoms with van der Waals surface area (Å²) in [6, 6.07) is 0. The molecule has 0 rings (SSSR count). The number of hydrogen-bond donors (Lipinski definition) is 4. The van der Waals surface area contributed by atoms with Crippen molar-refractivity contribution in [3.8, 4) is 0 Å². The number of carboxylic acids is 1. The molecule has 1 unspecified atom stereocenters. The van der Waals surface area contributed by atoms with E-state index < -0.39 is 24.6 Å². The number of hydrogen-bond acceptors (Lipinski definition) is 6. The Morgan fingerprint density at radius 1 is 1.31 bits per heavy atom. The Morgan fingerprint density at radius 2 is 1.92 bits per heavy atom. The van der Waals surface area contributed by atoms with Crippen LogP contribution in [0.25, 0.3) is 0 Å². The van der Waals surface area contributed by atoms with Crippen molar-refractivity contribution >= 4 is 5.97 Å². The normalized spacial score (nSPS) is 15.3. The molecule has 7 heteroatoms. The Morgan fingerprint density at radius 3 is 2.31 bits per heavy atom. The third kappa shape index (κ3) is 5.50. The van der Waals surface area contributed by atoms with Gasteiger partial charge < -0.3 is 10.2 Å². The van der Waals surface area contributed by atoms with E-state index in [0.717, 1.165) is 0 Å². The lowest BCUT2D eigenvalue weighted by Crippen LogP contribution is -2.38. The van der Waals surface area contributed by atoms with Crippen molar-refractivity contribution in [3.63, 3.8) is 0 Å². The van der Waals surface area contributed by atoms with Crippen LogP contribution in [0.3, 0.4) is 0 Å². The average Bonchev–Trinajstić information content (AvgIpc) is 2.00. The SMILES string of the molecule is O=C(O)CC(O)(CCOO)COO. The predicted molar refractivity (Wildman–Crippen MR) is 39.0 cm³/mol. The topological polar surface area (TPSA) is 116 Å². The molecule has 0 aliphatic rings. The van der Waals surface area contributed by atoms with Gasteiger partial charge in [0, 0.05) is 6.42 Å². The van der Waals surface area contributed by atoms with Gasteiger partial charge in [0.1, 0.15) is 12.2 Å². The van der Waals surface area contributed by atoms with Crippen LogP contribution in [0.2, 0.25) is 0 Å². The molecule has 0 amide bonds. The lowest BCUT2D eigenvalue weighted by Gasteiger charge is -2.23. The second-order valence-electron chi connectivity index (χ2n) is 2.65. The number of carboxylic acid groups (broad SMARTS) is 1. The molecule has 0 saturated carbocycles. The zero-order chi connectivity index (χ0) is 10.3. The fraction of sp³-hybridized carbons (Fsp3) is 0.833. The maximum atomic E-state index is 10.3. The molecule has 1 atom stereocenters. The molecule has 13 heavy (non-hydrogen) atoms. The third-order valence-corrected chi connectivity index (χ3v) is 1.47. The van der Waals surface area contributed by atoms with E-state index >= 15 is 0 Å². The monoisotopic (exact) mass is 196 g/mol. The third-order valence-electron chi connectivity index (χ3n) is 1.47. The van der Waals surface area contributed by atoms with Crippen LogP contribution < -0.4 is 0 Å². The van der Waals surface area contributed by atoms with Crippen LogP contribution in [-0.2, 0) is 14.6 Å². The maximum Gasteiger partial charge on any atom is 0.306 e. The minimum absolute atomic E-state index is 0.156. The van der Waals surface area contributed by atoms with Crippen LogP contribution in [0.1, 0.15) is 12.8 Å². The van der Waals surface area contributed by atoms with Gasteiger partial charge >= 0.3 is 5.97 Å². The van der Waals surface area contributed by atoms with Gasteiger partial charge in [-0.1, -0.05) is 0 Å². The highest BCUT2D eigenvalue weighted by Crippen LogP contribution is 2.15. The summed E-state index contributed by atoms with van der Waals surface area (Å²) in [5.41, 5.74) is -1.73. The van der Waals surface area contributed by atoms with Crippen LogP contribution in [0.5, 0.6) is 0 Å². The van der Waals surface area contributed by atoms with E-state index in [0.29, 0.717) is 0 Å². The lowest BCUT2D eigenvalue weighted by atomic mass is 9.97. The van der Waals surface area contributed by atoms with Crippen molar-refractivity contribution in [1.29, 1.82) is 0 Å². The van der Waals surface area contributed by atoms with E-state index in [9.17, 15) is 9.90 Å². The molecule has 0 spiro atoms. The van der Waals surface area contributed by atoms with E-state index in [2.05, 4.69) is 9.78 Å². The minimum atomic E-state index is -1.73. The first-order valence-electron chi connectivity index (χ1n) is 3.51. The quantitative estimate of drug-likeness (QED) is 0.322. The Balaban J connectivity index is 4.06. The van der Waals surface area contributed by atoms with Crippen molar-refractivity contribution in [2.75, 3.05) is 13.2 Å². The lowest BCUT2D eigenvalue weighted by molar-refractivity contribution is -0.285. The molecular weight excluding hydrogens is 184 g/mol. The molecule has 0 aromatic carbocycles. The summed E-state index contributed by atoms with van der Waals surface area (Å²) in [5, 5.41) is 33.9. The van der Waals surface area contributed by atoms with Gasteiger partial charge in [-0.25, -0.2) is 9.78 Å². The molecular formula is C6H12O7. The van der Waals surface area contributed by atoms with Gasteiger partial charge in [0.15, 0.2) is 0 Å². The zero-order valence-electron chi connectivity index (χ0n) is 6.84. The van der Waals surface area contributed by atoms with E-state index in [1.807, 2.05) is 0 Å². The Bertz CT molecular complexity index is 159. The Kier molecular flexibility index (Phi) is 5.51. The first kappa shape index (κ1) is 12.3. The molecule has 0 bridgehead atoms. The molecule has 0 saturated heterocycles. The summed E-state index contributed by atoms with van der Waals surface area (Å²) in [5.74, 6) is -1.24. The molecule has 4 N–H and O–H groups in total. The standard InChI is InChI=1S/C6H12O7/c7-5(8)3-6(9,4-13-11)1-2-12-10/h9-11H,1-4H2,(H,7,8). The van der Waals surface area contributed by atoms with E-state index in [-0.39, 0.29) is 13.0 Å². The smallest absolute Gasteiger partial charge is 0.306 e. The fourth-order valence-corrected chi connectivity index (χ4v) is 0.849. The number of rotatable bonds is 7. The van der Waals surface area contributed by atoms with Crippen molar-refractivity contribution in [2.45, 2.75) is 18.4 Å². The molecule has 7 nitrogen and oxygen atoms in total. The minimum Gasteiger partial charge on any atom is -0.481 e. The summed E-state index contributed by atoms with van der Waals surface area (Å²) in [7, 11) is 0. The van der Waals surface area contributed by atoms with Gasteiger partial charge in [0.2, 0.25) is 0 Å². The van der Waals surface area contributed by atoms with Gasteiger partial charge in [-0.2, -0.15) is 0 Å². The van der Waals surface area contributed by atoms with Gasteiger partial charge in [-0.15, -0.1) is 0 Å². The Hall–Kier alpha value is -0.730. The number of aliphatic hydroxyl groups is 1. The first-order chi connectivity index (χ1) is 6.04. The summed E-state index contributed by atoms with van der Waals surface area (Å²) in [6.45, 7) is -0.796. The van der Waals surface area contributed by atoms with Crippen LogP contribution >= 0.6 is 0 Å². The van der Waals surface area contributed by atoms with Crippen molar-refractivity contribution in [1.82, 2.24) is 0 Å². The van der Waals surface area contributed by atoms with Crippen LogP contribution in [0.15, 0.2) is 0 Å². The van der Waals surface area contributed by atoms with Gasteiger partial charge in [0.25, 0.3) is 0 Å². The summed E-state index contributed by atoms with van der Waals surface area (Å²) in [6.07, 6.45) is -0.757. The molecule has 0 aromatic rings. The van der Waals surface area contributed by atoms with Gasteiger partial charge in [-0.3, -0.25) is 15.3 Å². The summed E-state index contributed by atoms with van der Waals surface area (Å²) >= 11 is 0. The van der Waals surface area contributed by atoms with E-state index in [1.165, 1.54) is 0 Å². The van der Waals surface area contributed by atoms with Gasteiger partial charge in [-0.05, 0) is 0 Å². The highest BCUT2D eigenvalue weighted by atomic mass is 17.1. The molecule has 0 radical (unpaired) electrons. The highest BCUT2D eigenvalue weighted by Gasteiger charge is 2.30. The maximum absolute atomic E-state index is 10.3. The number of aliphatic carboxylic acids is 1. The Labute approximate surface area is 74.0 Å². The van der Waals surface area contributed by atoms with Crippen molar-refractivity contribution in [2.24, 2.45) is 0 Å². The summed E-state index contributed by atoms with van der Waals surface area (Å²) < 4.78 is 0.